The predicted molar refractivity (Wildman–Crippen MR) is 60.1 cm³/mol. The molecule has 82 valence electrons. The standard InChI is InChI=1S/C10H16N4O/c1-8(15)4-5-11-9-6-10(14(2)3)13-7-12-9/h6-7H,4-5H2,1-3H3,(H,11,12,13). The summed E-state index contributed by atoms with van der Waals surface area (Å²) in [5, 5.41) is 3.07. The Morgan fingerprint density at radius 2 is 2.20 bits per heavy atom. The van der Waals surface area contributed by atoms with Gasteiger partial charge in [-0.25, -0.2) is 9.97 Å². The van der Waals surface area contributed by atoms with Crippen LogP contribution in [0.2, 0.25) is 0 Å². The summed E-state index contributed by atoms with van der Waals surface area (Å²) in [4.78, 5) is 20.8. The minimum absolute atomic E-state index is 0.171. The lowest BCUT2D eigenvalue weighted by Crippen LogP contribution is -2.12. The zero-order chi connectivity index (χ0) is 11.3. The molecule has 0 saturated heterocycles. The second kappa shape index (κ2) is 5.29. The van der Waals surface area contributed by atoms with Crippen molar-refractivity contribution in [2.24, 2.45) is 0 Å². The highest BCUT2D eigenvalue weighted by Crippen LogP contribution is 2.10. The van der Waals surface area contributed by atoms with Crippen LogP contribution in [0.25, 0.3) is 0 Å². The van der Waals surface area contributed by atoms with E-state index in [0.29, 0.717) is 13.0 Å². The van der Waals surface area contributed by atoms with E-state index >= 15 is 0 Å². The molecular formula is C10H16N4O. The van der Waals surface area contributed by atoms with E-state index in [2.05, 4.69) is 15.3 Å². The molecule has 1 N–H and O–H groups in total. The highest BCUT2D eigenvalue weighted by molar-refractivity contribution is 5.75. The van der Waals surface area contributed by atoms with Crippen LogP contribution in [-0.4, -0.2) is 36.4 Å². The van der Waals surface area contributed by atoms with E-state index in [1.165, 1.54) is 6.33 Å². The SMILES string of the molecule is CC(=O)CCNc1cc(N(C)C)ncn1. The van der Waals surface area contributed by atoms with Gasteiger partial charge in [-0.05, 0) is 6.92 Å². The third-order valence-corrected chi connectivity index (χ3v) is 1.89. The van der Waals surface area contributed by atoms with Gasteiger partial charge in [0.1, 0.15) is 23.7 Å². The predicted octanol–water partition coefficient (Wildman–Crippen LogP) is 0.934. The lowest BCUT2D eigenvalue weighted by Gasteiger charge is -2.12. The maximum absolute atomic E-state index is 10.7. The van der Waals surface area contributed by atoms with Crippen molar-refractivity contribution in [3.8, 4) is 0 Å². The first kappa shape index (κ1) is 11.4. The van der Waals surface area contributed by atoms with Gasteiger partial charge in [0.25, 0.3) is 0 Å². The minimum Gasteiger partial charge on any atom is -0.369 e. The van der Waals surface area contributed by atoms with E-state index in [-0.39, 0.29) is 5.78 Å². The Morgan fingerprint density at radius 1 is 1.47 bits per heavy atom. The van der Waals surface area contributed by atoms with E-state index in [1.54, 1.807) is 6.92 Å². The summed E-state index contributed by atoms with van der Waals surface area (Å²) in [6, 6.07) is 1.85. The van der Waals surface area contributed by atoms with Gasteiger partial charge in [-0.3, -0.25) is 4.79 Å². The number of hydrogen-bond acceptors (Lipinski definition) is 5. The van der Waals surface area contributed by atoms with Gasteiger partial charge in [-0.2, -0.15) is 0 Å². The maximum atomic E-state index is 10.7. The Hall–Kier alpha value is -1.65. The summed E-state index contributed by atoms with van der Waals surface area (Å²) >= 11 is 0. The molecule has 0 bridgehead atoms. The van der Waals surface area contributed by atoms with Crippen molar-refractivity contribution in [1.82, 2.24) is 9.97 Å². The summed E-state index contributed by atoms with van der Waals surface area (Å²) < 4.78 is 0. The van der Waals surface area contributed by atoms with Gasteiger partial charge in [0.05, 0.1) is 0 Å². The van der Waals surface area contributed by atoms with Crippen molar-refractivity contribution in [3.63, 3.8) is 0 Å². The fourth-order valence-corrected chi connectivity index (χ4v) is 1.05. The summed E-state index contributed by atoms with van der Waals surface area (Å²) in [5.41, 5.74) is 0. The van der Waals surface area contributed by atoms with E-state index in [1.807, 2.05) is 25.1 Å². The number of aromatic nitrogens is 2. The van der Waals surface area contributed by atoms with Crippen LogP contribution in [0.15, 0.2) is 12.4 Å². The fraction of sp³-hybridized carbons (Fsp3) is 0.500. The molecule has 1 aromatic heterocycles. The molecule has 0 aromatic carbocycles. The minimum atomic E-state index is 0.171. The molecule has 1 heterocycles. The Balaban J connectivity index is 2.54. The number of Topliss-reactive ketones (excluding diaryl/α,β-unsaturated/α-hetero) is 1. The van der Waals surface area contributed by atoms with Gasteiger partial charge in [-0.15, -0.1) is 0 Å². The van der Waals surface area contributed by atoms with Crippen LogP contribution in [-0.2, 0) is 4.79 Å². The van der Waals surface area contributed by atoms with Crippen LogP contribution in [0.1, 0.15) is 13.3 Å². The van der Waals surface area contributed by atoms with E-state index in [9.17, 15) is 4.79 Å². The Kier molecular flexibility index (Phi) is 4.03. The maximum Gasteiger partial charge on any atom is 0.133 e. The monoisotopic (exact) mass is 208 g/mol. The van der Waals surface area contributed by atoms with Gasteiger partial charge < -0.3 is 10.2 Å². The molecule has 1 rings (SSSR count). The zero-order valence-corrected chi connectivity index (χ0v) is 9.32. The smallest absolute Gasteiger partial charge is 0.133 e. The first-order valence-electron chi connectivity index (χ1n) is 4.82. The topological polar surface area (TPSA) is 58.1 Å². The summed E-state index contributed by atoms with van der Waals surface area (Å²) in [5.74, 6) is 1.76. The van der Waals surface area contributed by atoms with E-state index in [0.717, 1.165) is 11.6 Å². The normalized spacial score (nSPS) is 9.80. The average Bonchev–Trinajstić information content (AvgIpc) is 2.17. The number of nitrogens with one attached hydrogen (secondary N) is 1. The first-order valence-corrected chi connectivity index (χ1v) is 4.82. The largest absolute Gasteiger partial charge is 0.369 e. The van der Waals surface area contributed by atoms with Crippen molar-refractivity contribution >= 4 is 17.4 Å². The molecule has 0 atom stereocenters. The molecule has 0 unspecified atom stereocenters. The number of nitrogens with zero attached hydrogens (tertiary/aromatic N) is 3. The number of carbonyl (C=O) groups excluding carboxylic acids is 1. The molecule has 0 aliphatic heterocycles. The molecule has 0 fully saturated rings. The average molecular weight is 208 g/mol. The second-order valence-corrected chi connectivity index (χ2v) is 3.53. The van der Waals surface area contributed by atoms with Crippen molar-refractivity contribution in [1.29, 1.82) is 0 Å². The van der Waals surface area contributed by atoms with Crippen LogP contribution in [0.3, 0.4) is 0 Å². The van der Waals surface area contributed by atoms with Crippen molar-refractivity contribution < 1.29 is 4.79 Å². The van der Waals surface area contributed by atoms with Crippen molar-refractivity contribution in [2.75, 3.05) is 30.9 Å². The molecule has 0 radical (unpaired) electrons. The Bertz CT molecular complexity index is 338. The first-order chi connectivity index (χ1) is 7.09. The van der Waals surface area contributed by atoms with Crippen molar-refractivity contribution in [3.05, 3.63) is 12.4 Å². The van der Waals surface area contributed by atoms with Crippen LogP contribution in [0, 0.1) is 0 Å². The third-order valence-electron chi connectivity index (χ3n) is 1.89. The molecule has 5 heteroatoms. The molecule has 0 aliphatic carbocycles. The second-order valence-electron chi connectivity index (χ2n) is 3.53. The summed E-state index contributed by atoms with van der Waals surface area (Å²) in [6.07, 6.45) is 2.02. The Morgan fingerprint density at radius 3 is 2.80 bits per heavy atom. The molecule has 1 aromatic rings. The Labute approximate surface area is 89.5 Å². The molecule has 15 heavy (non-hydrogen) atoms. The summed E-state index contributed by atoms with van der Waals surface area (Å²) in [6.45, 7) is 2.19. The van der Waals surface area contributed by atoms with Crippen molar-refractivity contribution in [2.45, 2.75) is 13.3 Å². The molecule has 0 aliphatic rings. The van der Waals surface area contributed by atoms with Gasteiger partial charge in [0.2, 0.25) is 0 Å². The third kappa shape index (κ3) is 3.93. The highest BCUT2D eigenvalue weighted by atomic mass is 16.1. The van der Waals surface area contributed by atoms with Crippen LogP contribution < -0.4 is 10.2 Å². The number of carbonyl (C=O) groups is 1. The summed E-state index contributed by atoms with van der Waals surface area (Å²) in [7, 11) is 3.84. The zero-order valence-electron chi connectivity index (χ0n) is 9.32. The van der Waals surface area contributed by atoms with E-state index < -0.39 is 0 Å². The van der Waals surface area contributed by atoms with E-state index in [4.69, 9.17) is 0 Å². The van der Waals surface area contributed by atoms with Crippen LogP contribution in [0.5, 0.6) is 0 Å². The van der Waals surface area contributed by atoms with Gasteiger partial charge >= 0.3 is 0 Å². The lowest BCUT2D eigenvalue weighted by molar-refractivity contribution is -0.116. The van der Waals surface area contributed by atoms with Gasteiger partial charge in [-0.1, -0.05) is 0 Å². The molecule has 0 spiro atoms. The number of ketones is 1. The number of rotatable bonds is 5. The van der Waals surface area contributed by atoms with Gasteiger partial charge in [0.15, 0.2) is 0 Å². The molecule has 0 amide bonds. The van der Waals surface area contributed by atoms with Gasteiger partial charge in [0, 0.05) is 33.1 Å². The fourth-order valence-electron chi connectivity index (χ4n) is 1.05. The molecular weight excluding hydrogens is 192 g/mol. The van der Waals surface area contributed by atoms with Crippen LogP contribution >= 0.6 is 0 Å². The quantitative estimate of drug-likeness (QED) is 0.780. The molecule has 5 nitrogen and oxygen atoms in total. The number of hydrogen-bond donors (Lipinski definition) is 1. The lowest BCUT2D eigenvalue weighted by atomic mass is 10.3. The number of anilines is 2. The van der Waals surface area contributed by atoms with Crippen LogP contribution in [0.4, 0.5) is 11.6 Å². The highest BCUT2D eigenvalue weighted by Gasteiger charge is 2.00. The molecule has 0 saturated carbocycles.